The number of nitrogens with zero attached hydrogens (tertiary/aromatic N) is 3. The van der Waals surface area contributed by atoms with Crippen molar-refractivity contribution >= 4 is 23.1 Å². The molecule has 0 atom stereocenters. The maximum absolute atomic E-state index is 6.70. The summed E-state index contributed by atoms with van der Waals surface area (Å²) in [5.41, 5.74) is 5.82. The van der Waals surface area contributed by atoms with Crippen molar-refractivity contribution in [2.24, 2.45) is 0 Å². The summed E-state index contributed by atoms with van der Waals surface area (Å²) in [6.45, 7) is 6.42. The standard InChI is InChI=1S/C23H29ClN4O2/c1-6-14(7-2)25-22-16-9-8-10-18(16)26-23-20(13(3)27-28(22)23)21-17(24)11-15(29-4)12-19(21)30-5/h11-12,14,25H,6-10H2,1-5H3. The van der Waals surface area contributed by atoms with Gasteiger partial charge in [0.2, 0.25) is 0 Å². The summed E-state index contributed by atoms with van der Waals surface area (Å²) in [4.78, 5) is 5.05. The number of anilines is 1. The van der Waals surface area contributed by atoms with E-state index >= 15 is 0 Å². The van der Waals surface area contributed by atoms with Gasteiger partial charge in [-0.15, -0.1) is 0 Å². The van der Waals surface area contributed by atoms with Crippen molar-refractivity contribution in [2.75, 3.05) is 19.5 Å². The Balaban J connectivity index is 1.99. The second kappa shape index (κ2) is 8.34. The fourth-order valence-corrected chi connectivity index (χ4v) is 4.64. The molecule has 0 saturated heterocycles. The van der Waals surface area contributed by atoms with Gasteiger partial charge in [-0.2, -0.15) is 9.61 Å². The number of aryl methyl sites for hydroxylation is 2. The topological polar surface area (TPSA) is 60.7 Å². The van der Waals surface area contributed by atoms with Crippen molar-refractivity contribution < 1.29 is 9.47 Å². The van der Waals surface area contributed by atoms with Gasteiger partial charge in [-0.1, -0.05) is 25.4 Å². The summed E-state index contributed by atoms with van der Waals surface area (Å²) < 4.78 is 13.0. The van der Waals surface area contributed by atoms with Crippen molar-refractivity contribution in [2.45, 2.75) is 58.9 Å². The predicted octanol–water partition coefficient (Wildman–Crippen LogP) is 5.46. The third kappa shape index (κ3) is 3.37. The Morgan fingerprint density at radius 3 is 2.57 bits per heavy atom. The number of hydrogen-bond acceptors (Lipinski definition) is 5. The zero-order valence-electron chi connectivity index (χ0n) is 18.3. The molecular formula is C23H29ClN4O2. The van der Waals surface area contributed by atoms with Gasteiger partial charge in [0.1, 0.15) is 17.3 Å². The highest BCUT2D eigenvalue weighted by Crippen LogP contribution is 2.44. The number of methoxy groups -OCH3 is 2. The number of hydrogen-bond donors (Lipinski definition) is 1. The van der Waals surface area contributed by atoms with E-state index in [-0.39, 0.29) is 0 Å². The third-order valence-corrected chi connectivity index (χ3v) is 6.32. The molecule has 0 spiro atoms. The van der Waals surface area contributed by atoms with Crippen LogP contribution in [0.15, 0.2) is 12.1 Å². The molecule has 0 bridgehead atoms. The molecule has 1 N–H and O–H groups in total. The van der Waals surface area contributed by atoms with E-state index in [2.05, 4.69) is 19.2 Å². The van der Waals surface area contributed by atoms with Crippen LogP contribution in [0, 0.1) is 6.92 Å². The Labute approximate surface area is 182 Å². The average molecular weight is 429 g/mol. The van der Waals surface area contributed by atoms with Crippen LogP contribution in [0.2, 0.25) is 5.02 Å². The van der Waals surface area contributed by atoms with Crippen LogP contribution >= 0.6 is 11.6 Å². The Morgan fingerprint density at radius 1 is 1.13 bits per heavy atom. The smallest absolute Gasteiger partial charge is 0.165 e. The first-order chi connectivity index (χ1) is 14.5. The van der Waals surface area contributed by atoms with Gasteiger partial charge in [-0.05, 0) is 45.1 Å². The maximum Gasteiger partial charge on any atom is 0.165 e. The van der Waals surface area contributed by atoms with Crippen LogP contribution in [0.5, 0.6) is 11.5 Å². The minimum Gasteiger partial charge on any atom is -0.497 e. The fraction of sp³-hybridized carbons (Fsp3) is 0.478. The van der Waals surface area contributed by atoms with Crippen LogP contribution in [0.3, 0.4) is 0 Å². The van der Waals surface area contributed by atoms with Crippen LogP contribution in [0.25, 0.3) is 16.8 Å². The Morgan fingerprint density at radius 2 is 1.90 bits per heavy atom. The Kier molecular flexibility index (Phi) is 5.78. The number of nitrogens with one attached hydrogen (secondary N) is 1. The first-order valence-electron chi connectivity index (χ1n) is 10.6. The molecule has 7 heteroatoms. The molecule has 0 amide bonds. The molecular weight excluding hydrogens is 400 g/mol. The molecule has 1 aromatic carbocycles. The molecule has 0 radical (unpaired) electrons. The summed E-state index contributed by atoms with van der Waals surface area (Å²) in [7, 11) is 3.26. The molecule has 1 aliphatic rings. The van der Waals surface area contributed by atoms with Gasteiger partial charge >= 0.3 is 0 Å². The van der Waals surface area contributed by atoms with Gasteiger partial charge in [-0.3, -0.25) is 0 Å². The maximum atomic E-state index is 6.70. The van der Waals surface area contributed by atoms with E-state index in [0.29, 0.717) is 22.6 Å². The highest BCUT2D eigenvalue weighted by atomic mass is 35.5. The number of aromatic nitrogens is 3. The quantitative estimate of drug-likeness (QED) is 0.541. The fourth-order valence-electron chi connectivity index (χ4n) is 4.34. The van der Waals surface area contributed by atoms with Crippen LogP contribution in [-0.4, -0.2) is 34.9 Å². The van der Waals surface area contributed by atoms with E-state index in [0.717, 1.165) is 66.1 Å². The first-order valence-corrected chi connectivity index (χ1v) is 11.0. The molecule has 0 saturated carbocycles. The number of rotatable bonds is 7. The van der Waals surface area contributed by atoms with Crippen LogP contribution in [-0.2, 0) is 12.8 Å². The number of ether oxygens (including phenoxy) is 2. The van der Waals surface area contributed by atoms with E-state index in [1.165, 1.54) is 5.56 Å². The second-order valence-electron chi connectivity index (χ2n) is 7.78. The number of fused-ring (bicyclic) bond motifs is 2. The molecule has 30 heavy (non-hydrogen) atoms. The highest BCUT2D eigenvalue weighted by Gasteiger charge is 2.27. The highest BCUT2D eigenvalue weighted by molar-refractivity contribution is 6.34. The van der Waals surface area contributed by atoms with Crippen molar-refractivity contribution in [1.29, 1.82) is 0 Å². The van der Waals surface area contributed by atoms with Gasteiger partial charge in [0.05, 0.1) is 30.5 Å². The summed E-state index contributed by atoms with van der Waals surface area (Å²) >= 11 is 6.70. The molecule has 6 nitrogen and oxygen atoms in total. The lowest BCUT2D eigenvalue weighted by Gasteiger charge is -2.20. The molecule has 3 aromatic rings. The van der Waals surface area contributed by atoms with E-state index in [1.54, 1.807) is 20.3 Å². The van der Waals surface area contributed by atoms with Gasteiger partial charge < -0.3 is 14.8 Å². The molecule has 2 aromatic heterocycles. The number of halogens is 1. The lowest BCUT2D eigenvalue weighted by molar-refractivity contribution is 0.395. The second-order valence-corrected chi connectivity index (χ2v) is 8.19. The predicted molar refractivity (Wildman–Crippen MR) is 121 cm³/mol. The molecule has 0 unspecified atom stereocenters. The van der Waals surface area contributed by atoms with Crippen molar-refractivity contribution in [3.63, 3.8) is 0 Å². The van der Waals surface area contributed by atoms with Gasteiger partial charge in [0.25, 0.3) is 0 Å². The first kappa shape index (κ1) is 20.8. The summed E-state index contributed by atoms with van der Waals surface area (Å²) in [5.74, 6) is 2.37. The van der Waals surface area contributed by atoms with Gasteiger partial charge in [0, 0.05) is 28.9 Å². The molecule has 160 valence electrons. The average Bonchev–Trinajstić information content (AvgIpc) is 3.34. The summed E-state index contributed by atoms with van der Waals surface area (Å²) in [6, 6.07) is 4.05. The van der Waals surface area contributed by atoms with Crippen LogP contribution in [0.1, 0.15) is 50.1 Å². The van der Waals surface area contributed by atoms with Gasteiger partial charge in [-0.25, -0.2) is 4.98 Å². The lowest BCUT2D eigenvalue weighted by atomic mass is 10.0. The van der Waals surface area contributed by atoms with Gasteiger partial charge in [0.15, 0.2) is 5.65 Å². The largest absolute Gasteiger partial charge is 0.497 e. The van der Waals surface area contributed by atoms with E-state index < -0.39 is 0 Å². The van der Waals surface area contributed by atoms with Crippen LogP contribution in [0.4, 0.5) is 5.82 Å². The van der Waals surface area contributed by atoms with Crippen LogP contribution < -0.4 is 14.8 Å². The molecule has 0 aliphatic heterocycles. The zero-order chi connectivity index (χ0) is 21.4. The number of benzene rings is 1. The molecule has 1 aliphatic carbocycles. The summed E-state index contributed by atoms with van der Waals surface area (Å²) in [6.07, 6.45) is 5.25. The molecule has 2 heterocycles. The zero-order valence-corrected chi connectivity index (χ0v) is 19.1. The van der Waals surface area contributed by atoms with Crippen molar-refractivity contribution in [1.82, 2.24) is 14.6 Å². The summed E-state index contributed by atoms with van der Waals surface area (Å²) in [5, 5.41) is 9.20. The van der Waals surface area contributed by atoms with E-state index in [4.69, 9.17) is 31.2 Å². The lowest BCUT2D eigenvalue weighted by Crippen LogP contribution is -2.21. The minimum absolute atomic E-state index is 0.396. The van der Waals surface area contributed by atoms with E-state index in [1.807, 2.05) is 17.5 Å². The van der Waals surface area contributed by atoms with Crippen molar-refractivity contribution in [3.05, 3.63) is 34.1 Å². The minimum atomic E-state index is 0.396. The molecule has 4 rings (SSSR count). The molecule has 0 fully saturated rings. The Hall–Kier alpha value is -2.47. The normalized spacial score (nSPS) is 13.2. The monoisotopic (exact) mass is 428 g/mol. The van der Waals surface area contributed by atoms with E-state index in [9.17, 15) is 0 Å². The SMILES string of the molecule is CCC(CC)Nc1c2c(nc3c(-c4c(Cl)cc(OC)cc4OC)c(C)nn13)CCC2. The third-order valence-electron chi connectivity index (χ3n) is 6.02. The van der Waals surface area contributed by atoms with Crippen molar-refractivity contribution in [3.8, 4) is 22.6 Å². The Bertz CT molecular complexity index is 1090.